The SMILES string of the molecule is Cc1cc(C)c2nc(-c3cccs3)cc(C(=O)Oc3cccc4cccnc34)c2c1. The number of benzene rings is 2. The van der Waals surface area contributed by atoms with Gasteiger partial charge in [-0.3, -0.25) is 4.98 Å². The van der Waals surface area contributed by atoms with E-state index in [0.29, 0.717) is 16.8 Å². The van der Waals surface area contributed by atoms with Gasteiger partial charge in [0.15, 0.2) is 5.75 Å². The number of para-hydroxylation sites is 1. The molecule has 0 spiro atoms. The Labute approximate surface area is 177 Å². The van der Waals surface area contributed by atoms with Gasteiger partial charge in [-0.2, -0.15) is 0 Å². The van der Waals surface area contributed by atoms with Crippen LogP contribution in [0.4, 0.5) is 0 Å². The minimum absolute atomic E-state index is 0.414. The lowest BCUT2D eigenvalue weighted by molar-refractivity contribution is 0.0739. The maximum absolute atomic E-state index is 13.3. The summed E-state index contributed by atoms with van der Waals surface area (Å²) >= 11 is 1.60. The Balaban J connectivity index is 1.67. The Hall–Kier alpha value is -3.57. The highest BCUT2D eigenvalue weighted by atomic mass is 32.1. The van der Waals surface area contributed by atoms with Gasteiger partial charge in [0.1, 0.15) is 5.52 Å². The summed E-state index contributed by atoms with van der Waals surface area (Å²) in [5.41, 5.74) is 4.86. The second kappa shape index (κ2) is 7.35. The van der Waals surface area contributed by atoms with Crippen molar-refractivity contribution in [3.8, 4) is 16.3 Å². The Bertz CT molecular complexity index is 1400. The molecule has 3 aromatic heterocycles. The van der Waals surface area contributed by atoms with E-state index in [1.165, 1.54) is 0 Å². The van der Waals surface area contributed by atoms with Crippen LogP contribution in [0.15, 0.2) is 72.2 Å². The minimum Gasteiger partial charge on any atom is -0.421 e. The van der Waals surface area contributed by atoms with Crippen LogP contribution in [0, 0.1) is 13.8 Å². The second-order valence-electron chi connectivity index (χ2n) is 7.23. The maximum atomic E-state index is 13.3. The van der Waals surface area contributed by atoms with Gasteiger partial charge in [-0.15, -0.1) is 11.3 Å². The van der Waals surface area contributed by atoms with Gasteiger partial charge in [-0.1, -0.05) is 35.9 Å². The molecule has 0 aliphatic heterocycles. The van der Waals surface area contributed by atoms with Crippen molar-refractivity contribution in [2.24, 2.45) is 0 Å². The summed E-state index contributed by atoms with van der Waals surface area (Å²) in [5.74, 6) is 0.0356. The van der Waals surface area contributed by atoms with E-state index in [-0.39, 0.29) is 0 Å². The van der Waals surface area contributed by atoms with Crippen LogP contribution in [0.1, 0.15) is 21.5 Å². The molecule has 0 saturated heterocycles. The average molecular weight is 410 g/mol. The van der Waals surface area contributed by atoms with E-state index in [9.17, 15) is 4.79 Å². The molecule has 5 aromatic rings. The fourth-order valence-electron chi connectivity index (χ4n) is 3.71. The molecule has 0 amide bonds. The largest absolute Gasteiger partial charge is 0.421 e. The first kappa shape index (κ1) is 18.5. The second-order valence-corrected chi connectivity index (χ2v) is 8.18. The highest BCUT2D eigenvalue weighted by molar-refractivity contribution is 7.13. The van der Waals surface area contributed by atoms with Gasteiger partial charge < -0.3 is 4.74 Å². The number of ether oxygens (including phenoxy) is 1. The van der Waals surface area contributed by atoms with E-state index in [4.69, 9.17) is 9.72 Å². The predicted molar refractivity (Wildman–Crippen MR) is 121 cm³/mol. The summed E-state index contributed by atoms with van der Waals surface area (Å²) in [6.07, 6.45) is 1.70. The van der Waals surface area contributed by atoms with Crippen LogP contribution in [-0.2, 0) is 0 Å². The average Bonchev–Trinajstić information content (AvgIpc) is 3.28. The smallest absolute Gasteiger partial charge is 0.344 e. The molecule has 5 heteroatoms. The highest BCUT2D eigenvalue weighted by Crippen LogP contribution is 2.31. The topological polar surface area (TPSA) is 52.1 Å². The molecule has 0 N–H and O–H groups in total. The van der Waals surface area contributed by atoms with Crippen molar-refractivity contribution in [1.82, 2.24) is 9.97 Å². The van der Waals surface area contributed by atoms with Crippen molar-refractivity contribution >= 4 is 39.1 Å². The number of nitrogens with zero attached hydrogens (tertiary/aromatic N) is 2. The van der Waals surface area contributed by atoms with E-state index >= 15 is 0 Å². The van der Waals surface area contributed by atoms with Crippen LogP contribution in [0.25, 0.3) is 32.4 Å². The Kier molecular flexibility index (Phi) is 4.52. The van der Waals surface area contributed by atoms with E-state index in [1.807, 2.05) is 67.8 Å². The number of carbonyl (C=O) groups excluding carboxylic acids is 1. The lowest BCUT2D eigenvalue weighted by Gasteiger charge is -2.12. The summed E-state index contributed by atoms with van der Waals surface area (Å²) in [6.45, 7) is 4.04. The molecular formula is C25H18N2O2S. The van der Waals surface area contributed by atoms with Gasteiger partial charge in [0.25, 0.3) is 0 Å². The fourth-order valence-corrected chi connectivity index (χ4v) is 4.40. The molecule has 0 unspecified atom stereocenters. The van der Waals surface area contributed by atoms with Gasteiger partial charge in [0, 0.05) is 17.0 Å². The fraction of sp³-hybridized carbons (Fsp3) is 0.0800. The molecule has 0 atom stereocenters. The molecule has 0 bridgehead atoms. The molecule has 0 radical (unpaired) electrons. The number of hydrogen-bond donors (Lipinski definition) is 0. The summed E-state index contributed by atoms with van der Waals surface area (Å²) < 4.78 is 5.85. The van der Waals surface area contributed by atoms with E-state index in [1.54, 1.807) is 23.6 Å². The van der Waals surface area contributed by atoms with Gasteiger partial charge in [-0.05, 0) is 55.1 Å². The Morgan fingerprint density at radius 2 is 1.83 bits per heavy atom. The summed E-state index contributed by atoms with van der Waals surface area (Å²) in [7, 11) is 0. The standard InChI is InChI=1S/C25H18N2O2S/c1-15-12-16(2)23-18(13-15)19(14-20(27-23)22-9-5-11-30-22)25(28)29-21-8-3-6-17-7-4-10-26-24(17)21/h3-14H,1-2H3. The quantitative estimate of drug-likeness (QED) is 0.257. The highest BCUT2D eigenvalue weighted by Gasteiger charge is 2.19. The zero-order valence-electron chi connectivity index (χ0n) is 16.5. The van der Waals surface area contributed by atoms with E-state index in [2.05, 4.69) is 11.1 Å². The molecule has 0 saturated carbocycles. The van der Waals surface area contributed by atoms with Gasteiger partial charge in [0.2, 0.25) is 0 Å². The number of aromatic nitrogens is 2. The molecule has 30 heavy (non-hydrogen) atoms. The van der Waals surface area contributed by atoms with Gasteiger partial charge in [-0.25, -0.2) is 9.78 Å². The number of rotatable bonds is 3. The Morgan fingerprint density at radius 3 is 2.67 bits per heavy atom. The van der Waals surface area contributed by atoms with Crippen LogP contribution in [-0.4, -0.2) is 15.9 Å². The van der Waals surface area contributed by atoms with Gasteiger partial charge in [0.05, 0.1) is 21.7 Å². The van der Waals surface area contributed by atoms with Crippen LogP contribution >= 0.6 is 11.3 Å². The number of aryl methyl sites for hydroxylation is 2. The molecule has 0 aliphatic carbocycles. The zero-order valence-corrected chi connectivity index (χ0v) is 17.4. The number of hydrogen-bond acceptors (Lipinski definition) is 5. The van der Waals surface area contributed by atoms with Crippen molar-refractivity contribution in [1.29, 1.82) is 0 Å². The first-order chi connectivity index (χ1) is 14.6. The van der Waals surface area contributed by atoms with Crippen LogP contribution in [0.2, 0.25) is 0 Å². The first-order valence-corrected chi connectivity index (χ1v) is 10.5. The molecule has 3 heterocycles. The molecule has 146 valence electrons. The van der Waals surface area contributed by atoms with Crippen LogP contribution in [0.3, 0.4) is 0 Å². The van der Waals surface area contributed by atoms with Crippen molar-refractivity contribution in [3.63, 3.8) is 0 Å². The lowest BCUT2D eigenvalue weighted by Crippen LogP contribution is -2.11. The first-order valence-electron chi connectivity index (χ1n) is 9.62. The molecule has 2 aromatic carbocycles. The van der Waals surface area contributed by atoms with Crippen molar-refractivity contribution in [2.45, 2.75) is 13.8 Å². The van der Waals surface area contributed by atoms with E-state index in [0.717, 1.165) is 38.0 Å². The third kappa shape index (κ3) is 3.23. The number of thiophene rings is 1. The number of esters is 1. The monoisotopic (exact) mass is 410 g/mol. The lowest BCUT2D eigenvalue weighted by atomic mass is 10.0. The molecular weight excluding hydrogens is 392 g/mol. The number of fused-ring (bicyclic) bond motifs is 2. The maximum Gasteiger partial charge on any atom is 0.344 e. The van der Waals surface area contributed by atoms with E-state index < -0.39 is 5.97 Å². The van der Waals surface area contributed by atoms with Gasteiger partial charge >= 0.3 is 5.97 Å². The zero-order chi connectivity index (χ0) is 20.7. The number of pyridine rings is 2. The van der Waals surface area contributed by atoms with Crippen molar-refractivity contribution < 1.29 is 9.53 Å². The minimum atomic E-state index is -0.414. The normalized spacial score (nSPS) is 11.1. The molecule has 4 nitrogen and oxygen atoms in total. The molecule has 0 aliphatic rings. The van der Waals surface area contributed by atoms with Crippen LogP contribution in [0.5, 0.6) is 5.75 Å². The predicted octanol–water partition coefficient (Wildman–Crippen LogP) is 6.35. The Morgan fingerprint density at radius 1 is 0.967 bits per heavy atom. The molecule has 5 rings (SSSR count). The number of carbonyl (C=O) groups is 1. The summed E-state index contributed by atoms with van der Waals surface area (Å²) in [4.78, 5) is 23.6. The summed E-state index contributed by atoms with van der Waals surface area (Å²) in [5, 5.41) is 3.72. The van der Waals surface area contributed by atoms with Crippen LogP contribution < -0.4 is 4.74 Å². The van der Waals surface area contributed by atoms with Crippen molar-refractivity contribution in [2.75, 3.05) is 0 Å². The third-order valence-corrected chi connectivity index (χ3v) is 5.93. The summed E-state index contributed by atoms with van der Waals surface area (Å²) in [6, 6.07) is 19.3. The molecule has 0 fully saturated rings. The van der Waals surface area contributed by atoms with Crippen molar-refractivity contribution in [3.05, 3.63) is 88.9 Å². The third-order valence-electron chi connectivity index (χ3n) is 5.04.